The highest BCUT2D eigenvalue weighted by Gasteiger charge is 2.36. The third-order valence-electron chi connectivity index (χ3n) is 6.02. The van der Waals surface area contributed by atoms with Gasteiger partial charge in [-0.2, -0.15) is 18.3 Å². The first-order valence-corrected chi connectivity index (χ1v) is 11.8. The smallest absolute Gasteiger partial charge is 0.417 e. The van der Waals surface area contributed by atoms with Gasteiger partial charge < -0.3 is 4.74 Å². The van der Waals surface area contributed by atoms with E-state index in [0.717, 1.165) is 6.07 Å². The van der Waals surface area contributed by atoms with Crippen LogP contribution in [0, 0.1) is 22.9 Å². The number of halogens is 5. The summed E-state index contributed by atoms with van der Waals surface area (Å²) in [6.07, 6.45) is -4.70. The zero-order valence-corrected chi connectivity index (χ0v) is 20.8. The van der Waals surface area contributed by atoms with Gasteiger partial charge in [-0.25, -0.2) is 14.1 Å². The maximum absolute atomic E-state index is 14.1. The molecule has 2 aromatic heterocycles. The second-order valence-corrected chi connectivity index (χ2v) is 8.94. The highest BCUT2D eigenvalue weighted by atomic mass is 35.5. The minimum Gasteiger partial charge on any atom is -0.489 e. The minimum atomic E-state index is -4.70. The van der Waals surface area contributed by atoms with Crippen LogP contribution in [0.1, 0.15) is 16.8 Å². The van der Waals surface area contributed by atoms with E-state index in [1.165, 1.54) is 78.3 Å². The fourth-order valence-corrected chi connectivity index (χ4v) is 4.32. The summed E-state index contributed by atoms with van der Waals surface area (Å²) >= 11 is 6.02. The van der Waals surface area contributed by atoms with Gasteiger partial charge in [0.2, 0.25) is 0 Å². The summed E-state index contributed by atoms with van der Waals surface area (Å²) in [5, 5.41) is 15.3. The van der Waals surface area contributed by atoms with Crippen LogP contribution in [0.2, 0.25) is 5.02 Å². The van der Waals surface area contributed by atoms with Gasteiger partial charge in [0.15, 0.2) is 5.65 Å². The van der Waals surface area contributed by atoms with E-state index in [2.05, 4.69) is 10.1 Å². The maximum atomic E-state index is 14.1. The summed E-state index contributed by atoms with van der Waals surface area (Å²) in [7, 11) is 0. The molecule has 0 saturated carbocycles. The van der Waals surface area contributed by atoms with Crippen LogP contribution in [-0.2, 0) is 12.8 Å². The first kappa shape index (κ1) is 26.1. The lowest BCUT2D eigenvalue weighted by Gasteiger charge is -2.13. The molecule has 7 nitrogen and oxygen atoms in total. The number of nitro benzene ring substituents is 1. The molecule has 0 aliphatic carbocycles. The number of nitrogens with zero attached hydrogens (tertiary/aromatic N) is 4. The Labute approximate surface area is 223 Å². The highest BCUT2D eigenvalue weighted by Crippen LogP contribution is 2.39. The number of hydrogen-bond donors (Lipinski definition) is 0. The number of nitro groups is 1. The van der Waals surface area contributed by atoms with Crippen LogP contribution in [0.4, 0.5) is 23.2 Å². The SMILES string of the molecule is Cc1nn(-c2ccc([N+](=O)[O-])cc2)c2nc(-c3ccc(OCc4c(F)cccc4Cl)cc3)cc(C(F)(F)F)c12. The summed E-state index contributed by atoms with van der Waals surface area (Å²) in [6, 6.07) is 16.6. The lowest BCUT2D eigenvalue weighted by molar-refractivity contribution is -0.384. The highest BCUT2D eigenvalue weighted by molar-refractivity contribution is 6.31. The Morgan fingerprint density at radius 3 is 2.36 bits per heavy atom. The topological polar surface area (TPSA) is 83.1 Å². The molecule has 12 heteroatoms. The van der Waals surface area contributed by atoms with E-state index in [1.807, 2.05) is 0 Å². The van der Waals surface area contributed by atoms with Crippen molar-refractivity contribution in [1.29, 1.82) is 0 Å². The van der Waals surface area contributed by atoms with Crippen molar-refractivity contribution in [2.45, 2.75) is 19.7 Å². The molecule has 198 valence electrons. The number of hydrogen-bond acceptors (Lipinski definition) is 5. The molecular formula is C27H17ClF4N4O3. The first-order chi connectivity index (χ1) is 18.5. The summed E-state index contributed by atoms with van der Waals surface area (Å²) in [6.45, 7) is 1.30. The van der Waals surface area contributed by atoms with Gasteiger partial charge in [0.05, 0.1) is 38.0 Å². The standard InChI is InChI=1S/C27H17ClF4N4O3/c1-15-25-21(27(30,31)32)13-24(33-26(25)35(34-15)17-7-9-18(10-8-17)36(37)38)16-5-11-19(12-6-16)39-14-20-22(28)3-2-4-23(20)29/h2-13H,14H2,1H3. The number of pyridine rings is 1. The van der Waals surface area contributed by atoms with Crippen molar-refractivity contribution < 1.29 is 27.2 Å². The van der Waals surface area contributed by atoms with Gasteiger partial charge in [-0.05, 0) is 61.5 Å². The van der Waals surface area contributed by atoms with Crippen LogP contribution >= 0.6 is 11.6 Å². The zero-order chi connectivity index (χ0) is 27.9. The van der Waals surface area contributed by atoms with E-state index in [1.54, 1.807) is 0 Å². The lowest BCUT2D eigenvalue weighted by atomic mass is 10.0. The molecule has 0 bridgehead atoms. The van der Waals surface area contributed by atoms with Gasteiger partial charge in [0, 0.05) is 23.3 Å². The summed E-state index contributed by atoms with van der Waals surface area (Å²) in [5.74, 6) is -0.168. The largest absolute Gasteiger partial charge is 0.489 e. The van der Waals surface area contributed by atoms with Crippen molar-refractivity contribution in [3.8, 4) is 22.7 Å². The van der Waals surface area contributed by atoms with Gasteiger partial charge in [-0.15, -0.1) is 0 Å². The predicted octanol–water partition coefficient (Wildman–Crippen LogP) is 7.69. The molecule has 5 rings (SSSR count). The fourth-order valence-electron chi connectivity index (χ4n) is 4.10. The van der Waals surface area contributed by atoms with E-state index in [9.17, 15) is 27.7 Å². The third kappa shape index (κ3) is 5.13. The lowest BCUT2D eigenvalue weighted by Crippen LogP contribution is -2.08. The fraction of sp³-hybridized carbons (Fsp3) is 0.111. The Balaban J connectivity index is 1.54. The second kappa shape index (κ2) is 9.99. The van der Waals surface area contributed by atoms with E-state index in [4.69, 9.17) is 16.3 Å². The molecule has 5 aromatic rings. The van der Waals surface area contributed by atoms with Gasteiger partial charge in [0.25, 0.3) is 5.69 Å². The molecule has 3 aromatic carbocycles. The average molecular weight is 557 g/mol. The molecule has 0 N–H and O–H groups in total. The molecule has 0 aliphatic rings. The minimum absolute atomic E-state index is 0.0292. The molecule has 0 unspecified atom stereocenters. The molecular weight excluding hydrogens is 540 g/mol. The number of ether oxygens (including phenoxy) is 1. The number of fused-ring (bicyclic) bond motifs is 1. The van der Waals surface area contributed by atoms with Crippen molar-refractivity contribution in [3.05, 3.63) is 111 Å². The predicted molar refractivity (Wildman–Crippen MR) is 136 cm³/mol. The summed E-state index contributed by atoms with van der Waals surface area (Å²) in [5.41, 5.74) is -0.147. The van der Waals surface area contributed by atoms with Crippen molar-refractivity contribution in [3.63, 3.8) is 0 Å². The molecule has 0 atom stereocenters. The monoisotopic (exact) mass is 556 g/mol. The Morgan fingerprint density at radius 2 is 1.74 bits per heavy atom. The Kier molecular flexibility index (Phi) is 6.69. The molecule has 0 amide bonds. The van der Waals surface area contributed by atoms with Gasteiger partial charge in [0.1, 0.15) is 18.2 Å². The van der Waals surface area contributed by atoms with Crippen molar-refractivity contribution >= 4 is 28.3 Å². The molecule has 0 aliphatic heterocycles. The van der Waals surface area contributed by atoms with Crippen LogP contribution in [0.5, 0.6) is 5.75 Å². The number of rotatable bonds is 6. The number of non-ortho nitro benzene ring substituents is 1. The Bertz CT molecular complexity index is 1680. The molecule has 2 heterocycles. The quantitative estimate of drug-likeness (QED) is 0.122. The molecule has 0 fully saturated rings. The Morgan fingerprint density at radius 1 is 1.05 bits per heavy atom. The average Bonchev–Trinajstić information content (AvgIpc) is 3.24. The molecule has 39 heavy (non-hydrogen) atoms. The number of benzene rings is 3. The van der Waals surface area contributed by atoms with Crippen molar-refractivity contribution in [1.82, 2.24) is 14.8 Å². The van der Waals surface area contributed by atoms with E-state index in [0.29, 0.717) is 17.0 Å². The molecule has 0 spiro atoms. The van der Waals surface area contributed by atoms with Crippen molar-refractivity contribution in [2.75, 3.05) is 0 Å². The van der Waals surface area contributed by atoms with E-state index < -0.39 is 22.5 Å². The second-order valence-electron chi connectivity index (χ2n) is 8.54. The van der Waals surface area contributed by atoms with Gasteiger partial charge >= 0.3 is 6.18 Å². The van der Waals surface area contributed by atoms with Crippen LogP contribution < -0.4 is 4.74 Å². The zero-order valence-electron chi connectivity index (χ0n) is 20.0. The van der Waals surface area contributed by atoms with Gasteiger partial charge in [-0.3, -0.25) is 10.1 Å². The normalized spacial score (nSPS) is 11.6. The van der Waals surface area contributed by atoms with E-state index in [-0.39, 0.29) is 45.3 Å². The van der Waals surface area contributed by atoms with Crippen LogP contribution in [-0.4, -0.2) is 19.7 Å². The molecule has 0 radical (unpaired) electrons. The maximum Gasteiger partial charge on any atom is 0.417 e. The number of alkyl halides is 3. The number of aromatic nitrogens is 3. The van der Waals surface area contributed by atoms with Crippen LogP contribution in [0.3, 0.4) is 0 Å². The van der Waals surface area contributed by atoms with Crippen LogP contribution in [0.25, 0.3) is 28.0 Å². The first-order valence-electron chi connectivity index (χ1n) is 11.4. The number of aryl methyl sites for hydroxylation is 1. The van der Waals surface area contributed by atoms with E-state index >= 15 is 0 Å². The van der Waals surface area contributed by atoms with Gasteiger partial charge in [-0.1, -0.05) is 17.7 Å². The summed E-state index contributed by atoms with van der Waals surface area (Å²) < 4.78 is 63.3. The third-order valence-corrected chi connectivity index (χ3v) is 6.37. The van der Waals surface area contributed by atoms with Crippen LogP contribution in [0.15, 0.2) is 72.8 Å². The van der Waals surface area contributed by atoms with Crippen molar-refractivity contribution in [2.24, 2.45) is 0 Å². The Hall–Kier alpha value is -4.51. The molecule has 0 saturated heterocycles. The summed E-state index contributed by atoms with van der Waals surface area (Å²) in [4.78, 5) is 14.9.